The number of para-hydroxylation sites is 2. The fourth-order valence-electron chi connectivity index (χ4n) is 7.24. The lowest BCUT2D eigenvalue weighted by Crippen LogP contribution is -2.15. The number of aryl methyl sites for hydroxylation is 3. The molecule has 0 amide bonds. The molecule has 0 aliphatic carbocycles. The van der Waals surface area contributed by atoms with Crippen molar-refractivity contribution in [1.29, 1.82) is 0 Å². The van der Waals surface area contributed by atoms with E-state index >= 15 is 0 Å². The van der Waals surface area contributed by atoms with Crippen LogP contribution in [-0.4, -0.2) is 26.2 Å². The van der Waals surface area contributed by atoms with Crippen LogP contribution in [-0.2, 0) is 31.9 Å². The molecule has 0 fully saturated rings. The van der Waals surface area contributed by atoms with Gasteiger partial charge in [-0.2, -0.15) is 0 Å². The van der Waals surface area contributed by atoms with E-state index in [9.17, 15) is 9.59 Å². The Hall–Kier alpha value is -6.92. The van der Waals surface area contributed by atoms with Crippen LogP contribution < -0.4 is 9.80 Å². The second-order valence-corrected chi connectivity index (χ2v) is 13.9. The Bertz CT molecular complexity index is 2260. The van der Waals surface area contributed by atoms with Crippen LogP contribution in [0.4, 0.5) is 34.1 Å². The molecule has 0 aromatic heterocycles. The second-order valence-electron chi connectivity index (χ2n) is 13.9. The minimum absolute atomic E-state index is 0.223. The lowest BCUT2D eigenvalue weighted by molar-refractivity contribution is -0.141. The molecule has 0 N–H and O–H groups in total. The summed E-state index contributed by atoms with van der Waals surface area (Å²) in [6, 6.07) is 61.6. The van der Waals surface area contributed by atoms with Crippen LogP contribution in [0, 0.1) is 6.92 Å². The number of anilines is 6. The van der Waals surface area contributed by atoms with Crippen molar-refractivity contribution in [2.24, 2.45) is 0 Å². The molecule has 0 saturated heterocycles. The van der Waals surface area contributed by atoms with Gasteiger partial charge in [-0.25, -0.2) is 0 Å². The van der Waals surface area contributed by atoms with Gasteiger partial charge in [-0.15, -0.1) is 0 Å². The fourth-order valence-corrected chi connectivity index (χ4v) is 7.24. The maximum absolute atomic E-state index is 12.0. The number of carbonyl (C=O) groups excluding carboxylic acids is 2. The zero-order chi connectivity index (χ0) is 39.6. The number of methoxy groups -OCH3 is 2. The van der Waals surface area contributed by atoms with Crippen molar-refractivity contribution in [1.82, 2.24) is 0 Å². The SMILES string of the molecule is COC(=O)CCc1ccc(N(c2cc(C)cc(N(c3ccc(CCC(=O)OC)cc3)c3ccccc3-c3ccccc3)c2)c2ccccc2-c2ccccc2)cc1. The minimum atomic E-state index is -0.223. The molecule has 284 valence electrons. The van der Waals surface area contributed by atoms with Crippen LogP contribution in [0.25, 0.3) is 22.3 Å². The molecular formula is C51H46N2O4. The molecule has 0 spiro atoms. The van der Waals surface area contributed by atoms with Gasteiger partial charge in [0.1, 0.15) is 0 Å². The molecule has 57 heavy (non-hydrogen) atoms. The van der Waals surface area contributed by atoms with Crippen LogP contribution >= 0.6 is 0 Å². The second kappa shape index (κ2) is 18.1. The highest BCUT2D eigenvalue weighted by Gasteiger charge is 2.22. The van der Waals surface area contributed by atoms with Crippen molar-refractivity contribution in [3.8, 4) is 22.3 Å². The van der Waals surface area contributed by atoms with Crippen molar-refractivity contribution in [3.05, 3.63) is 193 Å². The van der Waals surface area contributed by atoms with E-state index in [1.165, 1.54) is 14.2 Å². The number of rotatable bonds is 14. The van der Waals surface area contributed by atoms with Gasteiger partial charge in [0.2, 0.25) is 0 Å². The Morgan fingerprint density at radius 2 is 0.807 bits per heavy atom. The van der Waals surface area contributed by atoms with Gasteiger partial charge in [0.25, 0.3) is 0 Å². The summed E-state index contributed by atoms with van der Waals surface area (Å²) in [5.41, 5.74) is 13.7. The smallest absolute Gasteiger partial charge is 0.305 e. The van der Waals surface area contributed by atoms with Gasteiger partial charge in [-0.3, -0.25) is 9.59 Å². The number of esters is 2. The summed E-state index contributed by atoms with van der Waals surface area (Å²) in [6.07, 6.45) is 1.84. The molecule has 6 heteroatoms. The molecule has 6 nitrogen and oxygen atoms in total. The quantitative estimate of drug-likeness (QED) is 0.103. The van der Waals surface area contributed by atoms with Crippen LogP contribution in [0.15, 0.2) is 176 Å². The van der Waals surface area contributed by atoms with Gasteiger partial charge in [0.15, 0.2) is 0 Å². The summed E-state index contributed by atoms with van der Waals surface area (Å²) in [5, 5.41) is 0. The zero-order valence-electron chi connectivity index (χ0n) is 32.6. The Labute approximate surface area is 335 Å². The maximum atomic E-state index is 12.0. The third-order valence-corrected chi connectivity index (χ3v) is 10.1. The van der Waals surface area contributed by atoms with E-state index in [4.69, 9.17) is 9.47 Å². The van der Waals surface area contributed by atoms with E-state index in [2.05, 4.69) is 181 Å². The Morgan fingerprint density at radius 1 is 0.439 bits per heavy atom. The van der Waals surface area contributed by atoms with Crippen molar-refractivity contribution in [3.63, 3.8) is 0 Å². The molecule has 0 aliphatic heterocycles. The van der Waals surface area contributed by atoms with E-state index in [1.807, 2.05) is 12.1 Å². The normalized spacial score (nSPS) is 10.8. The Morgan fingerprint density at radius 3 is 1.19 bits per heavy atom. The molecular weight excluding hydrogens is 705 g/mol. The van der Waals surface area contributed by atoms with Gasteiger partial charge in [-0.1, -0.05) is 121 Å². The van der Waals surface area contributed by atoms with Crippen LogP contribution in [0.1, 0.15) is 29.5 Å². The number of hydrogen-bond donors (Lipinski definition) is 0. The summed E-state index contributed by atoms with van der Waals surface area (Å²) in [6.45, 7) is 2.14. The highest BCUT2D eigenvalue weighted by Crippen LogP contribution is 2.46. The maximum Gasteiger partial charge on any atom is 0.305 e. The average Bonchev–Trinajstić information content (AvgIpc) is 3.26. The predicted molar refractivity (Wildman–Crippen MR) is 232 cm³/mol. The molecule has 0 heterocycles. The number of nitrogens with zero attached hydrogens (tertiary/aromatic N) is 2. The number of benzene rings is 7. The number of carbonyl (C=O) groups is 2. The molecule has 0 atom stereocenters. The summed E-state index contributed by atoms with van der Waals surface area (Å²) >= 11 is 0. The monoisotopic (exact) mass is 750 g/mol. The first-order chi connectivity index (χ1) is 27.9. The van der Waals surface area contributed by atoms with Gasteiger partial charge in [0, 0.05) is 46.7 Å². The van der Waals surface area contributed by atoms with E-state index in [0.29, 0.717) is 25.7 Å². The highest BCUT2D eigenvalue weighted by molar-refractivity contribution is 5.92. The summed E-state index contributed by atoms with van der Waals surface area (Å²) in [7, 11) is 2.85. The lowest BCUT2D eigenvalue weighted by Gasteiger charge is -2.32. The third-order valence-electron chi connectivity index (χ3n) is 10.1. The molecule has 0 aliphatic rings. The first kappa shape index (κ1) is 38.4. The van der Waals surface area contributed by atoms with Crippen molar-refractivity contribution >= 4 is 46.1 Å². The Kier molecular flexibility index (Phi) is 12.2. The molecule has 7 aromatic rings. The molecule has 0 saturated carbocycles. The first-order valence-electron chi connectivity index (χ1n) is 19.2. The molecule has 7 aromatic carbocycles. The minimum Gasteiger partial charge on any atom is -0.469 e. The molecule has 0 radical (unpaired) electrons. The lowest BCUT2D eigenvalue weighted by atomic mass is 10.00. The van der Waals surface area contributed by atoms with Crippen LogP contribution in [0.5, 0.6) is 0 Å². The first-order valence-corrected chi connectivity index (χ1v) is 19.2. The van der Waals surface area contributed by atoms with Gasteiger partial charge in [0.05, 0.1) is 25.6 Å². The third kappa shape index (κ3) is 9.14. The van der Waals surface area contributed by atoms with Crippen LogP contribution in [0.2, 0.25) is 0 Å². The van der Waals surface area contributed by atoms with E-state index in [0.717, 1.165) is 73.1 Å². The van der Waals surface area contributed by atoms with E-state index in [-0.39, 0.29) is 11.9 Å². The van der Waals surface area contributed by atoms with Gasteiger partial charge in [-0.05, 0) is 102 Å². The molecule has 7 rings (SSSR count). The Balaban J connectivity index is 1.40. The van der Waals surface area contributed by atoms with Crippen molar-refractivity contribution < 1.29 is 19.1 Å². The van der Waals surface area contributed by atoms with E-state index in [1.54, 1.807) is 0 Å². The van der Waals surface area contributed by atoms with Crippen LogP contribution in [0.3, 0.4) is 0 Å². The van der Waals surface area contributed by atoms with Crippen molar-refractivity contribution in [2.45, 2.75) is 32.6 Å². The average molecular weight is 751 g/mol. The van der Waals surface area contributed by atoms with Gasteiger partial charge < -0.3 is 19.3 Å². The van der Waals surface area contributed by atoms with Gasteiger partial charge >= 0.3 is 11.9 Å². The topological polar surface area (TPSA) is 59.1 Å². The highest BCUT2D eigenvalue weighted by atomic mass is 16.5. The molecule has 0 unspecified atom stereocenters. The fraction of sp³-hybridized carbons (Fsp3) is 0.137. The summed E-state index contributed by atoms with van der Waals surface area (Å²) in [4.78, 5) is 28.6. The largest absolute Gasteiger partial charge is 0.469 e. The van der Waals surface area contributed by atoms with Crippen molar-refractivity contribution in [2.75, 3.05) is 24.0 Å². The zero-order valence-corrected chi connectivity index (χ0v) is 32.6. The standard InChI is InChI=1S/C51H46N2O4/c1-37-34-44(52(42-28-22-38(23-29-42)26-32-50(54)56-2)48-20-12-10-18-46(48)40-14-6-4-7-15-40)36-45(35-37)53(43-30-24-39(25-31-43)27-33-51(55)57-3)49-21-13-11-19-47(49)41-16-8-5-9-17-41/h4-25,28-31,34-36H,26-27,32-33H2,1-3H3. The summed E-state index contributed by atoms with van der Waals surface area (Å²) < 4.78 is 9.81. The number of hydrogen-bond acceptors (Lipinski definition) is 6. The predicted octanol–water partition coefficient (Wildman–Crippen LogP) is 12.5. The summed E-state index contributed by atoms with van der Waals surface area (Å²) in [5.74, 6) is -0.446. The number of ether oxygens (including phenoxy) is 2. The van der Waals surface area contributed by atoms with E-state index < -0.39 is 0 Å². The molecule has 0 bridgehead atoms.